The molecule has 25 heavy (non-hydrogen) atoms. The summed E-state index contributed by atoms with van der Waals surface area (Å²) in [6.07, 6.45) is 1.58. The number of hydrogen-bond acceptors (Lipinski definition) is 2. The van der Waals surface area contributed by atoms with Crippen LogP contribution in [0.5, 0.6) is 0 Å². The smallest absolute Gasteiger partial charge is 0.257 e. The van der Waals surface area contributed by atoms with Crippen molar-refractivity contribution in [3.05, 3.63) is 98.9 Å². The molecule has 126 valence electrons. The van der Waals surface area contributed by atoms with Crippen molar-refractivity contribution < 1.29 is 4.79 Å². The summed E-state index contributed by atoms with van der Waals surface area (Å²) in [4.78, 5) is 24.5. The molecule has 1 N–H and O–H groups in total. The number of carbonyl (C=O) groups excluding carboxylic acids is 1. The molecule has 2 aromatic carbocycles. The molecule has 5 heteroatoms. The van der Waals surface area contributed by atoms with Crippen molar-refractivity contribution in [3.63, 3.8) is 0 Å². The molecule has 0 aliphatic carbocycles. The Bertz CT molecular complexity index is 945. The Kier molecular flexibility index (Phi) is 5.00. The molecule has 1 heterocycles. The first kappa shape index (κ1) is 17.0. The van der Waals surface area contributed by atoms with Gasteiger partial charge in [-0.05, 0) is 42.8 Å². The number of aromatic nitrogens is 1. The molecule has 0 saturated heterocycles. The molecule has 0 unspecified atom stereocenters. The van der Waals surface area contributed by atoms with Crippen LogP contribution in [0.1, 0.15) is 21.5 Å². The first-order valence-electron chi connectivity index (χ1n) is 7.84. The predicted molar refractivity (Wildman–Crippen MR) is 100 cm³/mol. The van der Waals surface area contributed by atoms with Crippen LogP contribution < -0.4 is 10.9 Å². The lowest BCUT2D eigenvalue weighted by Crippen LogP contribution is -2.22. The first-order chi connectivity index (χ1) is 12.0. The van der Waals surface area contributed by atoms with Crippen molar-refractivity contribution in [2.45, 2.75) is 13.5 Å². The SMILES string of the molecule is Cc1ccc(Cn2cc(C(=O)Nc3ccc(Cl)cc3)ccc2=O)cc1. The van der Waals surface area contributed by atoms with Crippen molar-refractivity contribution in [1.29, 1.82) is 0 Å². The lowest BCUT2D eigenvalue weighted by Gasteiger charge is -2.09. The van der Waals surface area contributed by atoms with Gasteiger partial charge in [0.15, 0.2) is 0 Å². The van der Waals surface area contributed by atoms with E-state index in [1.165, 1.54) is 16.7 Å². The number of amides is 1. The van der Waals surface area contributed by atoms with Gasteiger partial charge >= 0.3 is 0 Å². The van der Waals surface area contributed by atoms with Gasteiger partial charge in [-0.1, -0.05) is 41.4 Å². The van der Waals surface area contributed by atoms with Crippen LogP contribution in [0.4, 0.5) is 5.69 Å². The normalized spacial score (nSPS) is 10.5. The highest BCUT2D eigenvalue weighted by Crippen LogP contribution is 2.14. The van der Waals surface area contributed by atoms with Crippen LogP contribution in [0, 0.1) is 6.92 Å². The van der Waals surface area contributed by atoms with Gasteiger partial charge in [0.25, 0.3) is 11.5 Å². The minimum Gasteiger partial charge on any atom is -0.322 e. The number of anilines is 1. The number of rotatable bonds is 4. The zero-order valence-electron chi connectivity index (χ0n) is 13.7. The summed E-state index contributed by atoms with van der Waals surface area (Å²) in [5.74, 6) is -0.278. The van der Waals surface area contributed by atoms with E-state index in [9.17, 15) is 9.59 Å². The molecule has 0 fully saturated rings. The highest BCUT2D eigenvalue weighted by atomic mass is 35.5. The monoisotopic (exact) mass is 352 g/mol. The van der Waals surface area contributed by atoms with Gasteiger partial charge in [0, 0.05) is 23.0 Å². The van der Waals surface area contributed by atoms with Crippen molar-refractivity contribution in [1.82, 2.24) is 4.57 Å². The van der Waals surface area contributed by atoms with Crippen molar-refractivity contribution >= 4 is 23.2 Å². The van der Waals surface area contributed by atoms with Crippen LogP contribution in [0.3, 0.4) is 0 Å². The van der Waals surface area contributed by atoms with E-state index >= 15 is 0 Å². The molecule has 3 rings (SSSR count). The zero-order chi connectivity index (χ0) is 17.8. The molecular weight excluding hydrogens is 336 g/mol. The average molecular weight is 353 g/mol. The molecule has 0 spiro atoms. The van der Waals surface area contributed by atoms with Gasteiger partial charge in [-0.25, -0.2) is 0 Å². The van der Waals surface area contributed by atoms with E-state index < -0.39 is 0 Å². The zero-order valence-corrected chi connectivity index (χ0v) is 14.5. The largest absolute Gasteiger partial charge is 0.322 e. The van der Waals surface area contributed by atoms with Gasteiger partial charge in [0.2, 0.25) is 0 Å². The molecule has 0 saturated carbocycles. The summed E-state index contributed by atoms with van der Waals surface area (Å²) in [5, 5.41) is 3.39. The highest BCUT2D eigenvalue weighted by molar-refractivity contribution is 6.30. The Morgan fingerprint density at radius 1 is 1.00 bits per heavy atom. The number of carbonyl (C=O) groups is 1. The summed E-state index contributed by atoms with van der Waals surface area (Å²) in [7, 11) is 0. The number of nitrogens with one attached hydrogen (secondary N) is 1. The third-order valence-corrected chi connectivity index (χ3v) is 4.07. The molecule has 3 aromatic rings. The maximum Gasteiger partial charge on any atom is 0.257 e. The van der Waals surface area contributed by atoms with Gasteiger partial charge in [0.1, 0.15) is 0 Å². The van der Waals surface area contributed by atoms with Gasteiger partial charge in [0.05, 0.1) is 12.1 Å². The highest BCUT2D eigenvalue weighted by Gasteiger charge is 2.08. The molecule has 1 amide bonds. The van der Waals surface area contributed by atoms with Crippen molar-refractivity contribution in [2.24, 2.45) is 0 Å². The predicted octanol–water partition coefficient (Wildman–Crippen LogP) is 4.11. The molecule has 0 aliphatic heterocycles. The first-order valence-corrected chi connectivity index (χ1v) is 8.22. The molecular formula is C20H17ClN2O2. The third kappa shape index (κ3) is 4.37. The quantitative estimate of drug-likeness (QED) is 0.768. The van der Waals surface area contributed by atoms with E-state index in [2.05, 4.69) is 5.32 Å². The summed E-state index contributed by atoms with van der Waals surface area (Å²) in [6, 6.07) is 17.7. The fraction of sp³-hybridized carbons (Fsp3) is 0.100. The summed E-state index contributed by atoms with van der Waals surface area (Å²) >= 11 is 5.84. The van der Waals surface area contributed by atoms with Crippen LogP contribution in [0.15, 0.2) is 71.7 Å². The molecule has 0 atom stereocenters. The van der Waals surface area contributed by atoms with Crippen LogP contribution in [-0.2, 0) is 6.54 Å². The minimum atomic E-state index is -0.278. The Morgan fingerprint density at radius 2 is 1.68 bits per heavy atom. The standard InChI is InChI=1S/C20H17ClN2O2/c1-14-2-4-15(5-3-14)12-23-13-16(6-11-19(23)24)20(25)22-18-9-7-17(21)8-10-18/h2-11,13H,12H2,1H3,(H,22,25). The number of pyridine rings is 1. The van der Waals surface area contributed by atoms with Gasteiger partial charge in [-0.2, -0.15) is 0 Å². The maximum absolute atomic E-state index is 12.4. The van der Waals surface area contributed by atoms with E-state index in [1.807, 2.05) is 31.2 Å². The lowest BCUT2D eigenvalue weighted by molar-refractivity contribution is 0.102. The number of aryl methyl sites for hydroxylation is 1. The number of hydrogen-bond donors (Lipinski definition) is 1. The number of benzene rings is 2. The topological polar surface area (TPSA) is 51.1 Å². The second-order valence-corrected chi connectivity index (χ2v) is 6.27. The van der Waals surface area contributed by atoms with Crippen molar-refractivity contribution in [3.8, 4) is 0 Å². The molecule has 1 aromatic heterocycles. The Labute approximate surface area is 150 Å². The van der Waals surface area contributed by atoms with Gasteiger partial charge in [-0.15, -0.1) is 0 Å². The molecule has 0 radical (unpaired) electrons. The fourth-order valence-electron chi connectivity index (χ4n) is 2.42. The maximum atomic E-state index is 12.4. The Morgan fingerprint density at radius 3 is 2.36 bits per heavy atom. The van der Waals surface area contributed by atoms with Crippen LogP contribution >= 0.6 is 11.6 Å². The number of nitrogens with zero attached hydrogens (tertiary/aromatic N) is 1. The van der Waals surface area contributed by atoms with Crippen molar-refractivity contribution in [2.75, 3.05) is 5.32 Å². The lowest BCUT2D eigenvalue weighted by atomic mass is 10.1. The van der Waals surface area contributed by atoms with E-state index in [4.69, 9.17) is 11.6 Å². The molecule has 4 nitrogen and oxygen atoms in total. The summed E-state index contributed by atoms with van der Waals surface area (Å²) < 4.78 is 1.53. The Hall–Kier alpha value is -2.85. The van der Waals surface area contributed by atoms with E-state index in [-0.39, 0.29) is 11.5 Å². The molecule has 0 bridgehead atoms. The van der Waals surface area contributed by atoms with E-state index in [1.54, 1.807) is 30.5 Å². The van der Waals surface area contributed by atoms with Crippen LogP contribution in [0.2, 0.25) is 5.02 Å². The van der Waals surface area contributed by atoms with E-state index in [0.29, 0.717) is 22.8 Å². The van der Waals surface area contributed by atoms with Gasteiger partial charge in [-0.3, -0.25) is 9.59 Å². The third-order valence-electron chi connectivity index (χ3n) is 3.82. The number of halogens is 1. The minimum absolute atomic E-state index is 0.149. The Balaban J connectivity index is 1.80. The van der Waals surface area contributed by atoms with Crippen LogP contribution in [0.25, 0.3) is 0 Å². The summed E-state index contributed by atoms with van der Waals surface area (Å²) in [5.41, 5.74) is 3.08. The van der Waals surface area contributed by atoms with Gasteiger partial charge < -0.3 is 9.88 Å². The average Bonchev–Trinajstić information content (AvgIpc) is 2.60. The van der Waals surface area contributed by atoms with E-state index in [0.717, 1.165) is 11.1 Å². The fourth-order valence-corrected chi connectivity index (χ4v) is 2.54. The summed E-state index contributed by atoms with van der Waals surface area (Å²) in [6.45, 7) is 2.43. The second-order valence-electron chi connectivity index (χ2n) is 5.83. The van der Waals surface area contributed by atoms with Crippen LogP contribution in [-0.4, -0.2) is 10.5 Å². The molecule has 0 aliphatic rings. The second kappa shape index (κ2) is 7.36.